The van der Waals surface area contributed by atoms with Crippen molar-refractivity contribution in [2.24, 2.45) is 0 Å². The third-order valence-electron chi connectivity index (χ3n) is 3.24. The molecule has 3 rings (SSSR count). The number of benzene rings is 1. The summed E-state index contributed by atoms with van der Waals surface area (Å²) in [5.74, 6) is 1.49. The van der Waals surface area contributed by atoms with Gasteiger partial charge in [0.05, 0.1) is 12.1 Å². The van der Waals surface area contributed by atoms with Gasteiger partial charge in [0.15, 0.2) is 0 Å². The summed E-state index contributed by atoms with van der Waals surface area (Å²) in [6, 6.07) is 13.4. The second-order valence-electron chi connectivity index (χ2n) is 4.66. The maximum atomic E-state index is 12.3. The predicted octanol–water partition coefficient (Wildman–Crippen LogP) is 4.66. The lowest BCUT2D eigenvalue weighted by molar-refractivity contribution is 0.0945. The van der Waals surface area contributed by atoms with E-state index in [4.69, 9.17) is 4.42 Å². The normalized spacial score (nSPS) is 10.6. The van der Waals surface area contributed by atoms with Gasteiger partial charge in [0.25, 0.3) is 5.91 Å². The van der Waals surface area contributed by atoms with E-state index in [1.165, 1.54) is 0 Å². The summed E-state index contributed by atoms with van der Waals surface area (Å²) in [7, 11) is 0. The molecule has 0 bridgehead atoms. The summed E-state index contributed by atoms with van der Waals surface area (Å²) < 4.78 is 5.76. The lowest BCUT2D eigenvalue weighted by Gasteiger charge is -2.07. The number of carbonyl (C=O) groups is 1. The van der Waals surface area contributed by atoms with E-state index in [9.17, 15) is 4.79 Å². The van der Waals surface area contributed by atoms with Crippen LogP contribution in [-0.4, -0.2) is 12.2 Å². The van der Waals surface area contributed by atoms with Crippen LogP contribution < -0.4 is 5.32 Å². The largest absolute Gasteiger partial charge is 0.459 e. The first-order valence-corrected chi connectivity index (χ1v) is 8.97. The molecule has 3 nitrogen and oxygen atoms in total. The van der Waals surface area contributed by atoms with Crippen LogP contribution in [0.15, 0.2) is 62.5 Å². The molecule has 1 amide bonds. The van der Waals surface area contributed by atoms with Crippen molar-refractivity contribution >= 4 is 29.0 Å². The third kappa shape index (κ3) is 3.26. The Balaban J connectivity index is 1.66. The van der Waals surface area contributed by atoms with Gasteiger partial charge >= 0.3 is 0 Å². The zero-order valence-electron chi connectivity index (χ0n) is 12.0. The highest BCUT2D eigenvalue weighted by atomic mass is 32.2. The summed E-state index contributed by atoms with van der Waals surface area (Å²) in [6.45, 7) is 0.381. The smallest absolute Gasteiger partial charge is 0.252 e. The summed E-state index contributed by atoms with van der Waals surface area (Å²) >= 11 is 3.20. The second-order valence-corrected chi connectivity index (χ2v) is 6.29. The molecule has 22 heavy (non-hydrogen) atoms. The second kappa shape index (κ2) is 6.85. The van der Waals surface area contributed by atoms with E-state index >= 15 is 0 Å². The molecule has 112 valence electrons. The number of thiophene rings is 1. The Morgan fingerprint density at radius 2 is 2.09 bits per heavy atom. The van der Waals surface area contributed by atoms with Crippen molar-refractivity contribution in [2.75, 3.05) is 6.26 Å². The van der Waals surface area contributed by atoms with Crippen LogP contribution in [0.2, 0.25) is 0 Å². The van der Waals surface area contributed by atoms with Crippen molar-refractivity contribution in [1.29, 1.82) is 0 Å². The van der Waals surface area contributed by atoms with Gasteiger partial charge in [-0.15, -0.1) is 11.8 Å². The van der Waals surface area contributed by atoms with Gasteiger partial charge in [0.2, 0.25) is 0 Å². The highest BCUT2D eigenvalue weighted by molar-refractivity contribution is 7.98. The van der Waals surface area contributed by atoms with Crippen molar-refractivity contribution in [1.82, 2.24) is 5.32 Å². The van der Waals surface area contributed by atoms with E-state index in [2.05, 4.69) is 5.32 Å². The maximum Gasteiger partial charge on any atom is 0.252 e. The van der Waals surface area contributed by atoms with E-state index in [0.29, 0.717) is 12.1 Å². The fraction of sp³-hybridized carbons (Fsp3) is 0.118. The Bertz CT molecular complexity index is 763. The minimum atomic E-state index is -0.0848. The fourth-order valence-electron chi connectivity index (χ4n) is 2.13. The van der Waals surface area contributed by atoms with Gasteiger partial charge in [-0.1, -0.05) is 12.1 Å². The minimum absolute atomic E-state index is 0.0848. The molecule has 1 aromatic carbocycles. The molecule has 0 aliphatic rings. The highest BCUT2D eigenvalue weighted by Crippen LogP contribution is 2.24. The van der Waals surface area contributed by atoms with Crippen molar-refractivity contribution in [2.45, 2.75) is 11.4 Å². The van der Waals surface area contributed by atoms with Gasteiger partial charge in [-0.25, -0.2) is 0 Å². The monoisotopic (exact) mass is 329 g/mol. The first kappa shape index (κ1) is 14.9. The number of carbonyl (C=O) groups excluding carboxylic acids is 1. The number of furan rings is 1. The molecular formula is C17H15NO2S2. The summed E-state index contributed by atoms with van der Waals surface area (Å²) in [5.41, 5.74) is 1.76. The van der Waals surface area contributed by atoms with Crippen LogP contribution in [0.3, 0.4) is 0 Å². The Hall–Kier alpha value is -1.98. The molecule has 3 aromatic rings. The average molecular weight is 329 g/mol. The molecule has 0 saturated carbocycles. The standard InChI is InChI=1S/C17H15NO2S2/c1-21-16-5-3-2-4-14(16)17(19)18-10-13-6-7-15(20-13)12-8-9-22-11-12/h2-9,11H,10H2,1H3,(H,18,19). The lowest BCUT2D eigenvalue weighted by Crippen LogP contribution is -2.23. The number of hydrogen-bond donors (Lipinski definition) is 1. The molecule has 0 unspecified atom stereocenters. The Morgan fingerprint density at radius 1 is 1.23 bits per heavy atom. The molecular weight excluding hydrogens is 314 g/mol. The van der Waals surface area contributed by atoms with Crippen LogP contribution in [-0.2, 0) is 6.54 Å². The molecule has 0 atom stereocenters. The molecule has 0 aliphatic carbocycles. The van der Waals surface area contributed by atoms with Crippen LogP contribution in [0.25, 0.3) is 11.3 Å². The zero-order valence-corrected chi connectivity index (χ0v) is 13.7. The fourth-order valence-corrected chi connectivity index (χ4v) is 3.37. The quantitative estimate of drug-likeness (QED) is 0.692. The molecule has 0 fully saturated rings. The molecule has 0 spiro atoms. The average Bonchev–Trinajstić information content (AvgIpc) is 3.23. The van der Waals surface area contributed by atoms with Crippen LogP contribution in [0, 0.1) is 0 Å². The third-order valence-corrected chi connectivity index (χ3v) is 4.72. The van der Waals surface area contributed by atoms with Crippen LogP contribution in [0.1, 0.15) is 16.1 Å². The van der Waals surface area contributed by atoms with Crippen LogP contribution >= 0.6 is 23.1 Å². The molecule has 5 heteroatoms. The Morgan fingerprint density at radius 3 is 2.86 bits per heavy atom. The van der Waals surface area contributed by atoms with E-state index in [-0.39, 0.29) is 5.91 Å². The van der Waals surface area contributed by atoms with Crippen LogP contribution in [0.5, 0.6) is 0 Å². The maximum absolute atomic E-state index is 12.3. The van der Waals surface area contributed by atoms with Crippen molar-refractivity contribution < 1.29 is 9.21 Å². The molecule has 2 aromatic heterocycles. The van der Waals surface area contributed by atoms with Gasteiger partial charge in [-0.3, -0.25) is 4.79 Å². The van der Waals surface area contributed by atoms with E-state index in [1.807, 2.05) is 59.5 Å². The van der Waals surface area contributed by atoms with E-state index in [0.717, 1.165) is 22.0 Å². The molecule has 2 heterocycles. The van der Waals surface area contributed by atoms with Crippen molar-refractivity contribution in [3.05, 3.63) is 64.5 Å². The van der Waals surface area contributed by atoms with Crippen molar-refractivity contribution in [3.63, 3.8) is 0 Å². The predicted molar refractivity (Wildman–Crippen MR) is 91.4 cm³/mol. The number of amides is 1. The van der Waals surface area contributed by atoms with Crippen molar-refractivity contribution in [3.8, 4) is 11.3 Å². The number of nitrogens with one attached hydrogen (secondary N) is 1. The van der Waals surface area contributed by atoms with Gasteiger partial charge in [-0.05, 0) is 42.0 Å². The Labute approximate surface area is 137 Å². The number of thioether (sulfide) groups is 1. The first-order chi connectivity index (χ1) is 10.8. The Kier molecular flexibility index (Phi) is 4.65. The highest BCUT2D eigenvalue weighted by Gasteiger charge is 2.11. The summed E-state index contributed by atoms with van der Waals surface area (Å²) in [6.07, 6.45) is 1.96. The van der Waals surface area contributed by atoms with E-state index < -0.39 is 0 Å². The van der Waals surface area contributed by atoms with E-state index in [1.54, 1.807) is 23.1 Å². The van der Waals surface area contributed by atoms with Crippen LogP contribution in [0.4, 0.5) is 0 Å². The molecule has 0 saturated heterocycles. The van der Waals surface area contributed by atoms with Gasteiger partial charge in [0, 0.05) is 15.8 Å². The first-order valence-electron chi connectivity index (χ1n) is 6.80. The summed E-state index contributed by atoms with van der Waals surface area (Å²) in [4.78, 5) is 13.2. The van der Waals surface area contributed by atoms with Gasteiger partial charge in [0.1, 0.15) is 11.5 Å². The summed E-state index contributed by atoms with van der Waals surface area (Å²) in [5, 5.41) is 6.96. The molecule has 0 aliphatic heterocycles. The zero-order chi connectivity index (χ0) is 15.4. The molecule has 1 N–H and O–H groups in total. The SMILES string of the molecule is CSc1ccccc1C(=O)NCc1ccc(-c2ccsc2)o1. The van der Waals surface area contributed by atoms with Gasteiger partial charge in [-0.2, -0.15) is 11.3 Å². The number of rotatable bonds is 5. The lowest BCUT2D eigenvalue weighted by atomic mass is 10.2. The van der Waals surface area contributed by atoms with Gasteiger partial charge < -0.3 is 9.73 Å². The molecule has 0 radical (unpaired) electrons. The minimum Gasteiger partial charge on any atom is -0.459 e. The topological polar surface area (TPSA) is 42.2 Å². The number of hydrogen-bond acceptors (Lipinski definition) is 4.